The van der Waals surface area contributed by atoms with E-state index in [4.69, 9.17) is 4.74 Å². The van der Waals surface area contributed by atoms with Crippen LogP contribution in [0.1, 0.15) is 46.0 Å². The van der Waals surface area contributed by atoms with Crippen LogP contribution >= 0.6 is 0 Å². The minimum absolute atomic E-state index is 0.00875. The van der Waals surface area contributed by atoms with Gasteiger partial charge in [-0.25, -0.2) is 0 Å². The van der Waals surface area contributed by atoms with Crippen LogP contribution in [0.3, 0.4) is 0 Å². The van der Waals surface area contributed by atoms with Gasteiger partial charge in [-0.2, -0.15) is 13.2 Å². The highest BCUT2D eigenvalue weighted by Crippen LogP contribution is 2.27. The lowest BCUT2D eigenvalue weighted by atomic mass is 9.91. The molecule has 2 unspecified atom stereocenters. The van der Waals surface area contributed by atoms with Gasteiger partial charge in [-0.05, 0) is 39.0 Å². The van der Waals surface area contributed by atoms with Crippen LogP contribution in [0.15, 0.2) is 0 Å². The summed E-state index contributed by atoms with van der Waals surface area (Å²) in [5.41, 5.74) is -0.369. The predicted octanol–water partition coefficient (Wildman–Crippen LogP) is 2.63. The predicted molar refractivity (Wildman–Crippen MR) is 67.0 cm³/mol. The molecule has 0 amide bonds. The maximum absolute atomic E-state index is 12.2. The summed E-state index contributed by atoms with van der Waals surface area (Å²) < 4.78 is 41.5. The highest BCUT2D eigenvalue weighted by atomic mass is 19.4. The molecule has 0 bridgehead atoms. The average molecular weight is 283 g/mol. The molecule has 1 saturated carbocycles. The summed E-state index contributed by atoms with van der Waals surface area (Å²) in [6, 6.07) is 0.460. The number of nitrogens with one attached hydrogen (secondary N) is 1. The Morgan fingerprint density at radius 3 is 2.42 bits per heavy atom. The maximum Gasteiger partial charge on any atom is 0.414 e. The molecule has 0 heterocycles. The Morgan fingerprint density at radius 2 is 2.00 bits per heavy atom. The first-order chi connectivity index (χ1) is 8.83. The van der Waals surface area contributed by atoms with E-state index in [1.54, 1.807) is 0 Å². The van der Waals surface area contributed by atoms with Crippen molar-refractivity contribution >= 4 is 0 Å². The van der Waals surface area contributed by atoms with Gasteiger partial charge in [-0.3, -0.25) is 0 Å². The van der Waals surface area contributed by atoms with E-state index in [-0.39, 0.29) is 18.8 Å². The Bertz CT molecular complexity index is 263. The molecule has 1 aliphatic carbocycles. The van der Waals surface area contributed by atoms with Gasteiger partial charge >= 0.3 is 6.18 Å². The van der Waals surface area contributed by atoms with Gasteiger partial charge in [0, 0.05) is 18.2 Å². The van der Waals surface area contributed by atoms with Crippen LogP contribution in [0.4, 0.5) is 13.2 Å². The van der Waals surface area contributed by atoms with Gasteiger partial charge in [0.05, 0.1) is 6.61 Å². The van der Waals surface area contributed by atoms with Crippen LogP contribution in [-0.4, -0.2) is 42.2 Å². The number of aliphatic hydroxyl groups is 1. The van der Waals surface area contributed by atoms with Crippen molar-refractivity contribution in [2.45, 2.75) is 69.8 Å². The first-order valence-corrected chi connectivity index (χ1v) is 6.90. The van der Waals surface area contributed by atoms with Crippen LogP contribution in [0.2, 0.25) is 0 Å². The minimum atomic E-state index is -4.30. The molecule has 0 aromatic rings. The van der Waals surface area contributed by atoms with Crippen LogP contribution in [-0.2, 0) is 4.74 Å². The number of ether oxygens (including phenoxy) is 1. The number of alkyl halides is 3. The van der Waals surface area contributed by atoms with E-state index in [2.05, 4.69) is 5.32 Å². The third-order valence-electron chi connectivity index (χ3n) is 3.70. The number of hydrogen-bond acceptors (Lipinski definition) is 3. The summed E-state index contributed by atoms with van der Waals surface area (Å²) in [7, 11) is 0. The zero-order valence-corrected chi connectivity index (χ0v) is 11.6. The Morgan fingerprint density at radius 1 is 1.37 bits per heavy atom. The molecule has 2 N–H and O–H groups in total. The molecule has 0 aliphatic heterocycles. The molecule has 1 aliphatic rings. The fraction of sp³-hybridized carbons (Fsp3) is 1.00. The molecule has 0 saturated heterocycles. The summed E-state index contributed by atoms with van der Waals surface area (Å²) in [5.74, 6) is 0. The van der Waals surface area contributed by atoms with Gasteiger partial charge in [-0.15, -0.1) is 0 Å². The van der Waals surface area contributed by atoms with Crippen LogP contribution in [0.5, 0.6) is 0 Å². The van der Waals surface area contributed by atoms with Crippen molar-refractivity contribution in [3.05, 3.63) is 0 Å². The highest BCUT2D eigenvalue weighted by molar-refractivity contribution is 4.94. The Balaban J connectivity index is 2.28. The molecule has 19 heavy (non-hydrogen) atoms. The topological polar surface area (TPSA) is 41.5 Å². The zero-order valence-electron chi connectivity index (χ0n) is 11.6. The van der Waals surface area contributed by atoms with E-state index in [1.807, 2.05) is 6.92 Å². The second-order valence-electron chi connectivity index (χ2n) is 5.37. The van der Waals surface area contributed by atoms with Crippen molar-refractivity contribution in [1.29, 1.82) is 0 Å². The normalized spacial score (nSPS) is 21.2. The van der Waals surface area contributed by atoms with Crippen LogP contribution in [0, 0.1) is 0 Å². The van der Waals surface area contributed by atoms with Gasteiger partial charge in [0.1, 0.15) is 0 Å². The maximum atomic E-state index is 12.2. The molecule has 1 rings (SSSR count). The van der Waals surface area contributed by atoms with E-state index in [0.717, 1.165) is 26.2 Å². The first-order valence-electron chi connectivity index (χ1n) is 6.90. The molecular formula is C13H24F3NO2. The summed E-state index contributed by atoms with van der Waals surface area (Å²) in [4.78, 5) is 0. The number of aliphatic hydroxyl groups excluding tert-OH is 1. The lowest BCUT2D eigenvalue weighted by Crippen LogP contribution is -2.49. The summed E-state index contributed by atoms with van der Waals surface area (Å²) in [5, 5.41) is 12.9. The zero-order chi connectivity index (χ0) is 14.5. The number of hydrogen-bond donors (Lipinski definition) is 2. The van der Waals surface area contributed by atoms with E-state index < -0.39 is 12.3 Å². The molecule has 0 radical (unpaired) electrons. The summed E-state index contributed by atoms with van der Waals surface area (Å²) >= 11 is 0. The molecule has 0 aromatic carbocycles. The second kappa shape index (κ2) is 6.90. The number of rotatable bonds is 9. The van der Waals surface area contributed by atoms with Gasteiger partial charge in [0.2, 0.25) is 0 Å². The molecule has 3 nitrogen and oxygen atoms in total. The van der Waals surface area contributed by atoms with Crippen molar-refractivity contribution in [2.75, 3.05) is 13.2 Å². The summed E-state index contributed by atoms with van der Waals surface area (Å²) in [6.07, 6.45) is -1.91. The molecular weight excluding hydrogens is 259 g/mol. The average Bonchev–Trinajstić information content (AvgIpc) is 3.15. The molecule has 6 heteroatoms. The largest absolute Gasteiger partial charge is 0.414 e. The SMILES string of the molecule is CCC(CO)(CCCOC(C)C(F)(F)F)NC1CC1. The van der Waals surface area contributed by atoms with Gasteiger partial charge in [0.25, 0.3) is 0 Å². The number of halogens is 3. The molecule has 0 aromatic heterocycles. The van der Waals surface area contributed by atoms with Crippen molar-refractivity contribution in [1.82, 2.24) is 5.32 Å². The standard InChI is InChI=1S/C13H24F3NO2/c1-3-12(9-18,17-11-5-6-11)7-4-8-19-10(2)13(14,15)16/h10-11,17-18H,3-9H2,1-2H3. The van der Waals surface area contributed by atoms with E-state index in [1.165, 1.54) is 0 Å². The van der Waals surface area contributed by atoms with Crippen LogP contribution < -0.4 is 5.32 Å². The van der Waals surface area contributed by atoms with E-state index >= 15 is 0 Å². The van der Waals surface area contributed by atoms with E-state index in [0.29, 0.717) is 18.9 Å². The lowest BCUT2D eigenvalue weighted by molar-refractivity contribution is -0.214. The molecule has 2 atom stereocenters. The molecule has 1 fully saturated rings. The second-order valence-corrected chi connectivity index (χ2v) is 5.37. The molecule has 114 valence electrons. The van der Waals surface area contributed by atoms with Crippen LogP contribution in [0.25, 0.3) is 0 Å². The quantitative estimate of drug-likeness (QED) is 0.639. The van der Waals surface area contributed by atoms with Gasteiger partial charge in [-0.1, -0.05) is 6.92 Å². The van der Waals surface area contributed by atoms with Crippen molar-refractivity contribution in [2.24, 2.45) is 0 Å². The van der Waals surface area contributed by atoms with E-state index in [9.17, 15) is 18.3 Å². The fourth-order valence-corrected chi connectivity index (χ4v) is 2.01. The first kappa shape index (κ1) is 16.7. The smallest absolute Gasteiger partial charge is 0.394 e. The van der Waals surface area contributed by atoms with Crippen molar-refractivity contribution in [3.8, 4) is 0 Å². The minimum Gasteiger partial charge on any atom is -0.394 e. The Hall–Kier alpha value is -0.330. The highest BCUT2D eigenvalue weighted by Gasteiger charge is 2.37. The van der Waals surface area contributed by atoms with Gasteiger partial charge in [0.15, 0.2) is 6.10 Å². The van der Waals surface area contributed by atoms with Gasteiger partial charge < -0.3 is 15.2 Å². The Labute approximate surface area is 112 Å². The fourth-order valence-electron chi connectivity index (χ4n) is 2.01. The third kappa shape index (κ3) is 5.67. The summed E-state index contributed by atoms with van der Waals surface area (Å²) in [6.45, 7) is 3.07. The Kier molecular flexibility index (Phi) is 6.08. The molecule has 0 spiro atoms. The monoisotopic (exact) mass is 283 g/mol. The third-order valence-corrected chi connectivity index (χ3v) is 3.70. The lowest BCUT2D eigenvalue weighted by Gasteiger charge is -2.32. The van der Waals surface area contributed by atoms with Crippen molar-refractivity contribution < 1.29 is 23.0 Å². The van der Waals surface area contributed by atoms with Crippen molar-refractivity contribution in [3.63, 3.8) is 0 Å².